The quantitative estimate of drug-likeness (QED) is 0.800. The summed E-state index contributed by atoms with van der Waals surface area (Å²) in [7, 11) is 0. The van der Waals surface area contributed by atoms with Gasteiger partial charge in [0.05, 0.1) is 6.04 Å². The van der Waals surface area contributed by atoms with E-state index < -0.39 is 0 Å². The Morgan fingerprint density at radius 3 is 2.68 bits per heavy atom. The van der Waals surface area contributed by atoms with Crippen LogP contribution in [0.2, 0.25) is 0 Å². The van der Waals surface area contributed by atoms with E-state index >= 15 is 0 Å². The lowest BCUT2D eigenvalue weighted by atomic mass is 10.1. The molecule has 22 heavy (non-hydrogen) atoms. The summed E-state index contributed by atoms with van der Waals surface area (Å²) in [6.45, 7) is 1.82. The van der Waals surface area contributed by atoms with E-state index in [1.54, 1.807) is 24.3 Å². The van der Waals surface area contributed by atoms with E-state index in [1.807, 2.05) is 31.2 Å². The molecule has 1 amide bonds. The molecule has 2 aromatic rings. The minimum absolute atomic E-state index is 0.0941. The Morgan fingerprint density at radius 1 is 1.27 bits per heavy atom. The number of amides is 1. The minimum atomic E-state index is -0.216. The molecule has 1 atom stereocenters. The summed E-state index contributed by atoms with van der Waals surface area (Å²) >= 11 is 3.38. The van der Waals surface area contributed by atoms with E-state index in [0.717, 1.165) is 16.3 Å². The Hall–Kier alpha value is -2.14. The zero-order chi connectivity index (χ0) is 15.9. The summed E-state index contributed by atoms with van der Waals surface area (Å²) in [6, 6.07) is 14.3. The van der Waals surface area contributed by atoms with Gasteiger partial charge in [0.15, 0.2) is 6.61 Å². The fourth-order valence-electron chi connectivity index (χ4n) is 1.94. The SMILES string of the molecule is CC(NC(=O)COc1cccc(C=O)c1)c1ccc(Br)cc1. The Morgan fingerprint density at radius 2 is 2.00 bits per heavy atom. The lowest BCUT2D eigenvalue weighted by Crippen LogP contribution is -2.31. The van der Waals surface area contributed by atoms with Crippen LogP contribution in [0.15, 0.2) is 53.0 Å². The molecule has 2 aromatic carbocycles. The number of halogens is 1. The standard InChI is InChI=1S/C17H16BrNO3/c1-12(14-5-7-15(18)8-6-14)19-17(21)11-22-16-4-2-3-13(9-16)10-20/h2-10,12H,11H2,1H3,(H,19,21). The van der Waals surface area contributed by atoms with E-state index in [-0.39, 0.29) is 18.6 Å². The van der Waals surface area contributed by atoms with Gasteiger partial charge in [0.25, 0.3) is 5.91 Å². The predicted octanol–water partition coefficient (Wildman–Crippen LogP) is 3.52. The average molecular weight is 362 g/mol. The molecule has 0 aromatic heterocycles. The molecule has 2 rings (SSSR count). The van der Waals surface area contributed by atoms with Gasteiger partial charge in [-0.15, -0.1) is 0 Å². The Bertz CT molecular complexity index is 655. The minimum Gasteiger partial charge on any atom is -0.484 e. The summed E-state index contributed by atoms with van der Waals surface area (Å²) in [4.78, 5) is 22.6. The maximum atomic E-state index is 11.9. The Labute approximate surface area is 137 Å². The first kappa shape index (κ1) is 16.2. The summed E-state index contributed by atoms with van der Waals surface area (Å²) in [5.41, 5.74) is 1.53. The van der Waals surface area contributed by atoms with Crippen molar-refractivity contribution in [1.29, 1.82) is 0 Å². The zero-order valence-electron chi connectivity index (χ0n) is 12.1. The van der Waals surface area contributed by atoms with Gasteiger partial charge in [-0.25, -0.2) is 0 Å². The molecule has 0 bridgehead atoms. The molecule has 4 nitrogen and oxygen atoms in total. The second-order valence-electron chi connectivity index (χ2n) is 4.82. The first-order valence-corrected chi connectivity index (χ1v) is 7.60. The second kappa shape index (κ2) is 7.75. The van der Waals surface area contributed by atoms with Crippen LogP contribution in [0.4, 0.5) is 0 Å². The van der Waals surface area contributed by atoms with Crippen LogP contribution in [0.25, 0.3) is 0 Å². The van der Waals surface area contributed by atoms with E-state index in [0.29, 0.717) is 11.3 Å². The van der Waals surface area contributed by atoms with Crippen molar-refractivity contribution < 1.29 is 14.3 Å². The van der Waals surface area contributed by atoms with Crippen LogP contribution in [0.1, 0.15) is 28.9 Å². The number of rotatable bonds is 6. The molecule has 0 aliphatic carbocycles. The molecule has 5 heteroatoms. The van der Waals surface area contributed by atoms with Gasteiger partial charge >= 0.3 is 0 Å². The van der Waals surface area contributed by atoms with Crippen LogP contribution in [0.5, 0.6) is 5.75 Å². The molecule has 114 valence electrons. The first-order chi connectivity index (χ1) is 10.6. The van der Waals surface area contributed by atoms with Gasteiger partial charge in [-0.05, 0) is 36.8 Å². The number of aldehydes is 1. The molecule has 0 fully saturated rings. The topological polar surface area (TPSA) is 55.4 Å². The van der Waals surface area contributed by atoms with Crippen molar-refractivity contribution in [3.05, 3.63) is 64.1 Å². The highest BCUT2D eigenvalue weighted by molar-refractivity contribution is 9.10. The summed E-state index contributed by atoms with van der Waals surface area (Å²) in [6.07, 6.45) is 0.739. The van der Waals surface area contributed by atoms with Crippen molar-refractivity contribution >= 4 is 28.1 Å². The van der Waals surface area contributed by atoms with Gasteiger partial charge < -0.3 is 10.1 Å². The highest BCUT2D eigenvalue weighted by Gasteiger charge is 2.10. The number of carbonyl (C=O) groups is 2. The molecule has 0 spiro atoms. The third-order valence-corrected chi connectivity index (χ3v) is 3.64. The Kier molecular flexibility index (Phi) is 5.72. The van der Waals surface area contributed by atoms with Gasteiger partial charge in [0.1, 0.15) is 12.0 Å². The largest absolute Gasteiger partial charge is 0.484 e. The lowest BCUT2D eigenvalue weighted by molar-refractivity contribution is -0.123. The molecule has 1 unspecified atom stereocenters. The maximum absolute atomic E-state index is 11.9. The number of benzene rings is 2. The van der Waals surface area contributed by atoms with Crippen LogP contribution in [0, 0.1) is 0 Å². The fourth-order valence-corrected chi connectivity index (χ4v) is 2.21. The van der Waals surface area contributed by atoms with Crippen LogP contribution in [-0.2, 0) is 4.79 Å². The fraction of sp³-hybridized carbons (Fsp3) is 0.176. The van der Waals surface area contributed by atoms with Crippen LogP contribution in [-0.4, -0.2) is 18.8 Å². The molecule has 0 aliphatic heterocycles. The van der Waals surface area contributed by atoms with Crippen molar-refractivity contribution in [1.82, 2.24) is 5.32 Å². The maximum Gasteiger partial charge on any atom is 0.258 e. The number of hydrogen-bond acceptors (Lipinski definition) is 3. The molecule has 0 aliphatic rings. The van der Waals surface area contributed by atoms with E-state index in [4.69, 9.17) is 4.74 Å². The van der Waals surface area contributed by atoms with E-state index in [9.17, 15) is 9.59 Å². The van der Waals surface area contributed by atoms with Crippen LogP contribution in [0.3, 0.4) is 0 Å². The van der Waals surface area contributed by atoms with Gasteiger partial charge in [-0.3, -0.25) is 9.59 Å². The van der Waals surface area contributed by atoms with Gasteiger partial charge in [0.2, 0.25) is 0 Å². The number of ether oxygens (including phenoxy) is 1. The average Bonchev–Trinajstić information content (AvgIpc) is 2.53. The smallest absolute Gasteiger partial charge is 0.258 e. The number of hydrogen-bond donors (Lipinski definition) is 1. The summed E-state index contributed by atoms with van der Waals surface area (Å²) < 4.78 is 6.38. The molecule has 0 radical (unpaired) electrons. The van der Waals surface area contributed by atoms with Gasteiger partial charge in [-0.2, -0.15) is 0 Å². The molecule has 0 saturated carbocycles. The number of carbonyl (C=O) groups excluding carboxylic acids is 2. The lowest BCUT2D eigenvalue weighted by Gasteiger charge is -2.15. The third kappa shape index (κ3) is 4.70. The monoisotopic (exact) mass is 361 g/mol. The second-order valence-corrected chi connectivity index (χ2v) is 5.74. The summed E-state index contributed by atoms with van der Waals surface area (Å²) in [5.74, 6) is 0.281. The molecule has 0 saturated heterocycles. The third-order valence-electron chi connectivity index (χ3n) is 3.11. The highest BCUT2D eigenvalue weighted by Crippen LogP contribution is 2.16. The number of nitrogens with one attached hydrogen (secondary N) is 1. The zero-order valence-corrected chi connectivity index (χ0v) is 13.7. The van der Waals surface area contributed by atoms with Crippen molar-refractivity contribution in [2.45, 2.75) is 13.0 Å². The highest BCUT2D eigenvalue weighted by atomic mass is 79.9. The molecule has 0 heterocycles. The molecule has 1 N–H and O–H groups in total. The van der Waals surface area contributed by atoms with Crippen molar-refractivity contribution in [2.24, 2.45) is 0 Å². The van der Waals surface area contributed by atoms with E-state index in [1.165, 1.54) is 0 Å². The molecular formula is C17H16BrNO3. The van der Waals surface area contributed by atoms with Crippen molar-refractivity contribution in [3.63, 3.8) is 0 Å². The first-order valence-electron chi connectivity index (χ1n) is 6.81. The Balaban J connectivity index is 1.87. The normalized spacial score (nSPS) is 11.5. The van der Waals surface area contributed by atoms with Crippen molar-refractivity contribution in [3.8, 4) is 5.75 Å². The van der Waals surface area contributed by atoms with Crippen molar-refractivity contribution in [2.75, 3.05) is 6.61 Å². The van der Waals surface area contributed by atoms with Gasteiger partial charge in [0, 0.05) is 10.0 Å². The van der Waals surface area contributed by atoms with Crippen LogP contribution < -0.4 is 10.1 Å². The predicted molar refractivity (Wildman–Crippen MR) is 88.0 cm³/mol. The summed E-state index contributed by atoms with van der Waals surface area (Å²) in [5, 5.41) is 2.87. The van der Waals surface area contributed by atoms with Gasteiger partial charge in [-0.1, -0.05) is 40.2 Å². The van der Waals surface area contributed by atoms with Crippen LogP contribution >= 0.6 is 15.9 Å². The van der Waals surface area contributed by atoms with E-state index in [2.05, 4.69) is 21.2 Å². The molecular weight excluding hydrogens is 346 g/mol.